The van der Waals surface area contributed by atoms with Crippen LogP contribution in [0.5, 0.6) is 5.75 Å². The SMILES string of the molecule is CCCCN(CC(=O)N1c2ccccc2-n2cccc2[C@H]1c1cccc(Cl)c1)C(=O)COc1ccc(Cl)cc1. The molecule has 2 amide bonds. The number of fused-ring (bicyclic) bond motifs is 3. The Morgan fingerprint density at radius 2 is 1.67 bits per heavy atom. The van der Waals surface area contributed by atoms with E-state index in [1.165, 1.54) is 0 Å². The van der Waals surface area contributed by atoms with E-state index in [0.717, 1.165) is 35.5 Å². The van der Waals surface area contributed by atoms with Gasteiger partial charge in [0.2, 0.25) is 5.91 Å². The summed E-state index contributed by atoms with van der Waals surface area (Å²) in [5.41, 5.74) is 3.52. The Morgan fingerprint density at radius 3 is 2.41 bits per heavy atom. The van der Waals surface area contributed by atoms with E-state index >= 15 is 0 Å². The van der Waals surface area contributed by atoms with Crippen molar-refractivity contribution in [3.8, 4) is 11.4 Å². The number of rotatable bonds is 9. The third-order valence-electron chi connectivity index (χ3n) is 6.79. The fraction of sp³-hybridized carbons (Fsp3) is 0.226. The van der Waals surface area contributed by atoms with Gasteiger partial charge in [-0.25, -0.2) is 0 Å². The summed E-state index contributed by atoms with van der Waals surface area (Å²) < 4.78 is 7.82. The molecule has 2 heterocycles. The van der Waals surface area contributed by atoms with Crippen molar-refractivity contribution in [3.05, 3.63) is 112 Å². The maximum absolute atomic E-state index is 14.2. The minimum absolute atomic E-state index is 0.0745. The van der Waals surface area contributed by atoms with Crippen LogP contribution in [0.4, 0.5) is 5.69 Å². The molecular weight excluding hydrogens is 533 g/mol. The molecule has 4 aromatic rings. The van der Waals surface area contributed by atoms with Crippen molar-refractivity contribution in [2.75, 3.05) is 24.6 Å². The quantitative estimate of drug-likeness (QED) is 0.222. The van der Waals surface area contributed by atoms with Gasteiger partial charge in [-0.2, -0.15) is 0 Å². The van der Waals surface area contributed by atoms with Gasteiger partial charge in [0.05, 0.1) is 17.1 Å². The highest BCUT2D eigenvalue weighted by atomic mass is 35.5. The number of anilines is 1. The van der Waals surface area contributed by atoms with Crippen molar-refractivity contribution >= 4 is 40.7 Å². The van der Waals surface area contributed by atoms with Gasteiger partial charge in [0.15, 0.2) is 6.61 Å². The van der Waals surface area contributed by atoms with Crippen LogP contribution in [0, 0.1) is 0 Å². The molecule has 0 saturated heterocycles. The number of nitrogens with zero attached hydrogens (tertiary/aromatic N) is 3. The van der Waals surface area contributed by atoms with E-state index in [9.17, 15) is 9.59 Å². The molecule has 6 nitrogen and oxygen atoms in total. The first-order chi connectivity index (χ1) is 19.0. The van der Waals surface area contributed by atoms with Gasteiger partial charge in [-0.3, -0.25) is 14.5 Å². The Kier molecular flexibility index (Phi) is 8.24. The largest absolute Gasteiger partial charge is 0.484 e. The van der Waals surface area contributed by atoms with Gasteiger partial charge in [0.1, 0.15) is 18.3 Å². The maximum Gasteiger partial charge on any atom is 0.260 e. The number of hydrogen-bond donors (Lipinski definition) is 0. The highest BCUT2D eigenvalue weighted by molar-refractivity contribution is 6.30. The molecule has 39 heavy (non-hydrogen) atoms. The zero-order valence-electron chi connectivity index (χ0n) is 21.6. The normalized spacial score (nSPS) is 13.9. The summed E-state index contributed by atoms with van der Waals surface area (Å²) in [6, 6.07) is 25.8. The van der Waals surface area contributed by atoms with Crippen molar-refractivity contribution in [1.82, 2.24) is 9.47 Å². The summed E-state index contributed by atoms with van der Waals surface area (Å²) in [6.07, 6.45) is 3.66. The fourth-order valence-electron chi connectivity index (χ4n) is 4.90. The molecule has 8 heteroatoms. The van der Waals surface area contributed by atoms with Crippen molar-refractivity contribution in [2.24, 2.45) is 0 Å². The standard InChI is InChI=1S/C31H29Cl2N3O3/c1-2-3-17-34(30(38)21-39-25-15-13-23(32)14-16-25)20-29(37)36-27-11-5-4-10-26(27)35-18-7-12-28(35)31(36)22-8-6-9-24(33)19-22/h4-16,18-19,31H,2-3,17,20-21H2,1H3/t31-/m1/s1. The van der Waals surface area contributed by atoms with Gasteiger partial charge in [-0.1, -0.05) is 60.8 Å². The number of para-hydroxylation sites is 2. The molecule has 0 saturated carbocycles. The topological polar surface area (TPSA) is 54.8 Å². The molecule has 0 unspecified atom stereocenters. The van der Waals surface area contributed by atoms with Crippen LogP contribution in [-0.4, -0.2) is 41.0 Å². The van der Waals surface area contributed by atoms with Gasteiger partial charge >= 0.3 is 0 Å². The fourth-order valence-corrected chi connectivity index (χ4v) is 5.23. The summed E-state index contributed by atoms with van der Waals surface area (Å²) in [7, 11) is 0. The summed E-state index contributed by atoms with van der Waals surface area (Å²) in [4.78, 5) is 30.9. The molecule has 0 N–H and O–H groups in total. The molecule has 0 bridgehead atoms. The maximum atomic E-state index is 14.2. The molecule has 5 rings (SSSR count). The third-order valence-corrected chi connectivity index (χ3v) is 7.28. The van der Waals surface area contributed by atoms with Crippen LogP contribution in [0.2, 0.25) is 10.0 Å². The molecule has 1 aliphatic rings. The van der Waals surface area contributed by atoms with Crippen LogP contribution in [-0.2, 0) is 9.59 Å². The van der Waals surface area contributed by atoms with Crippen molar-refractivity contribution in [3.63, 3.8) is 0 Å². The number of benzene rings is 3. The number of ether oxygens (including phenoxy) is 1. The Labute approximate surface area is 238 Å². The lowest BCUT2D eigenvalue weighted by Crippen LogP contribution is -2.48. The van der Waals surface area contributed by atoms with Crippen molar-refractivity contribution < 1.29 is 14.3 Å². The van der Waals surface area contributed by atoms with Crippen molar-refractivity contribution in [2.45, 2.75) is 25.8 Å². The minimum Gasteiger partial charge on any atom is -0.484 e. The van der Waals surface area contributed by atoms with Gasteiger partial charge < -0.3 is 14.2 Å². The van der Waals surface area contributed by atoms with E-state index in [-0.39, 0.29) is 25.0 Å². The second-order valence-electron chi connectivity index (χ2n) is 9.42. The highest BCUT2D eigenvalue weighted by Crippen LogP contribution is 2.42. The van der Waals surface area contributed by atoms with Crippen LogP contribution in [0.3, 0.4) is 0 Å². The predicted octanol–water partition coefficient (Wildman–Crippen LogP) is 6.93. The molecule has 0 aliphatic carbocycles. The zero-order valence-corrected chi connectivity index (χ0v) is 23.1. The highest BCUT2D eigenvalue weighted by Gasteiger charge is 2.37. The smallest absolute Gasteiger partial charge is 0.260 e. The first-order valence-corrected chi connectivity index (χ1v) is 13.7. The summed E-state index contributed by atoms with van der Waals surface area (Å²) in [6.45, 7) is 2.27. The average molecular weight is 562 g/mol. The van der Waals surface area contributed by atoms with E-state index in [4.69, 9.17) is 27.9 Å². The number of hydrogen-bond acceptors (Lipinski definition) is 3. The lowest BCUT2D eigenvalue weighted by molar-refractivity contribution is -0.137. The summed E-state index contributed by atoms with van der Waals surface area (Å²) >= 11 is 12.3. The molecule has 0 fully saturated rings. The second kappa shape index (κ2) is 12.0. The number of halogens is 2. The lowest BCUT2D eigenvalue weighted by Gasteiger charge is -2.39. The van der Waals surface area contributed by atoms with Crippen molar-refractivity contribution in [1.29, 1.82) is 0 Å². The number of aromatic nitrogens is 1. The van der Waals surface area contributed by atoms with E-state index in [2.05, 4.69) is 11.5 Å². The van der Waals surface area contributed by atoms with E-state index in [1.54, 1.807) is 34.1 Å². The van der Waals surface area contributed by atoms with Crippen LogP contribution in [0.1, 0.15) is 37.1 Å². The molecule has 200 valence electrons. The van der Waals surface area contributed by atoms with Crippen LogP contribution in [0.25, 0.3) is 5.69 Å². The lowest BCUT2D eigenvalue weighted by atomic mass is 9.97. The minimum atomic E-state index is -0.408. The molecule has 3 aromatic carbocycles. The molecule has 1 aliphatic heterocycles. The van der Waals surface area contributed by atoms with Gasteiger partial charge in [0.25, 0.3) is 5.91 Å². The Hall–Kier alpha value is -3.74. The van der Waals surface area contributed by atoms with Crippen LogP contribution in [0.15, 0.2) is 91.1 Å². The second-order valence-corrected chi connectivity index (χ2v) is 10.3. The Morgan fingerprint density at radius 1 is 0.897 bits per heavy atom. The molecule has 0 spiro atoms. The number of amides is 2. The number of carbonyl (C=O) groups is 2. The van der Waals surface area contributed by atoms with Crippen LogP contribution >= 0.6 is 23.2 Å². The number of unbranched alkanes of at least 4 members (excludes halogenated alkanes) is 1. The molecule has 0 radical (unpaired) electrons. The predicted molar refractivity (Wildman–Crippen MR) is 155 cm³/mol. The van der Waals surface area contributed by atoms with Gasteiger partial charge in [0, 0.05) is 22.8 Å². The number of carbonyl (C=O) groups excluding carboxylic acids is 2. The van der Waals surface area contributed by atoms with Gasteiger partial charge in [-0.15, -0.1) is 0 Å². The monoisotopic (exact) mass is 561 g/mol. The molecule has 1 atom stereocenters. The first kappa shape index (κ1) is 26.9. The Balaban J connectivity index is 1.45. The van der Waals surface area contributed by atoms with E-state index < -0.39 is 6.04 Å². The van der Waals surface area contributed by atoms with Gasteiger partial charge in [-0.05, 0) is 72.6 Å². The molecular formula is C31H29Cl2N3O3. The average Bonchev–Trinajstić information content (AvgIpc) is 3.44. The summed E-state index contributed by atoms with van der Waals surface area (Å²) in [5.74, 6) is 0.108. The first-order valence-electron chi connectivity index (χ1n) is 13.0. The molecule has 1 aromatic heterocycles. The van der Waals surface area contributed by atoms with Crippen LogP contribution < -0.4 is 9.64 Å². The van der Waals surface area contributed by atoms with E-state index in [0.29, 0.717) is 22.3 Å². The third kappa shape index (κ3) is 5.82. The zero-order chi connectivity index (χ0) is 27.4. The Bertz CT molecular complexity index is 1470. The summed E-state index contributed by atoms with van der Waals surface area (Å²) in [5, 5.41) is 1.18. The van der Waals surface area contributed by atoms with E-state index in [1.807, 2.05) is 66.9 Å².